The van der Waals surface area contributed by atoms with Gasteiger partial charge in [-0.15, -0.1) is 5.92 Å². The van der Waals surface area contributed by atoms with E-state index in [1.165, 1.54) is 7.11 Å². The number of methoxy groups -OCH3 is 1. The molecule has 0 spiro atoms. The van der Waals surface area contributed by atoms with E-state index in [0.717, 1.165) is 19.3 Å². The van der Waals surface area contributed by atoms with Crippen LogP contribution < -0.4 is 0 Å². The molecule has 0 aromatic carbocycles. The van der Waals surface area contributed by atoms with Crippen LogP contribution in [0.1, 0.15) is 32.6 Å². The van der Waals surface area contributed by atoms with E-state index in [1.54, 1.807) is 0 Å². The molecule has 0 aliphatic carbocycles. The molecule has 0 aromatic heterocycles. The molecule has 0 saturated heterocycles. The molecular weight excluding hydrogens is 168 g/mol. The maximum atomic E-state index is 10.7. The van der Waals surface area contributed by atoms with E-state index < -0.39 is 12.1 Å². The Morgan fingerprint density at radius 3 is 2.85 bits per heavy atom. The van der Waals surface area contributed by atoms with Crippen LogP contribution in [0.4, 0.5) is 0 Å². The van der Waals surface area contributed by atoms with Crippen molar-refractivity contribution >= 4 is 5.97 Å². The van der Waals surface area contributed by atoms with Crippen LogP contribution in [0, 0.1) is 11.8 Å². The summed E-state index contributed by atoms with van der Waals surface area (Å²) in [7, 11) is 1.29. The van der Waals surface area contributed by atoms with Gasteiger partial charge in [-0.25, -0.2) is 0 Å². The largest absolute Gasteiger partial charge is 0.469 e. The molecule has 0 fully saturated rings. The van der Waals surface area contributed by atoms with E-state index >= 15 is 0 Å². The van der Waals surface area contributed by atoms with Crippen LogP contribution in [-0.4, -0.2) is 24.3 Å². The Bertz CT molecular complexity index is 200. The standard InChI is InChI=1S/C10H16O3/c1-3-4-5-6-7-9(11)8-10(12)13-2/h9,11H,3-5,8H2,1-2H3/t9-/m0/s1. The lowest BCUT2D eigenvalue weighted by Crippen LogP contribution is -2.12. The van der Waals surface area contributed by atoms with E-state index in [2.05, 4.69) is 23.5 Å². The lowest BCUT2D eigenvalue weighted by atomic mass is 10.2. The number of aliphatic hydroxyl groups is 1. The summed E-state index contributed by atoms with van der Waals surface area (Å²) in [6, 6.07) is 0. The van der Waals surface area contributed by atoms with Crippen molar-refractivity contribution in [2.24, 2.45) is 0 Å². The van der Waals surface area contributed by atoms with Crippen LogP contribution >= 0.6 is 0 Å². The average Bonchev–Trinajstić information content (AvgIpc) is 2.12. The SMILES string of the molecule is CCCCC#C[C@H](O)CC(=O)OC. The number of carbonyl (C=O) groups is 1. The van der Waals surface area contributed by atoms with Crippen LogP contribution in [-0.2, 0) is 9.53 Å². The number of hydrogen-bond acceptors (Lipinski definition) is 3. The van der Waals surface area contributed by atoms with Crippen molar-refractivity contribution in [2.75, 3.05) is 7.11 Å². The minimum absolute atomic E-state index is 0.0460. The Labute approximate surface area is 79.1 Å². The highest BCUT2D eigenvalue weighted by atomic mass is 16.5. The first-order chi connectivity index (χ1) is 6.20. The number of unbranched alkanes of at least 4 members (excludes halogenated alkanes) is 2. The molecule has 1 atom stereocenters. The summed E-state index contributed by atoms with van der Waals surface area (Å²) >= 11 is 0. The van der Waals surface area contributed by atoms with Gasteiger partial charge in [-0.2, -0.15) is 0 Å². The Morgan fingerprint density at radius 1 is 1.62 bits per heavy atom. The summed E-state index contributed by atoms with van der Waals surface area (Å²) in [6.45, 7) is 2.08. The normalized spacial score (nSPS) is 11.3. The molecule has 74 valence electrons. The highest BCUT2D eigenvalue weighted by Gasteiger charge is 2.06. The van der Waals surface area contributed by atoms with Gasteiger partial charge in [0.15, 0.2) is 0 Å². The van der Waals surface area contributed by atoms with Crippen molar-refractivity contribution in [3.8, 4) is 11.8 Å². The maximum Gasteiger partial charge on any atom is 0.309 e. The van der Waals surface area contributed by atoms with E-state index in [4.69, 9.17) is 0 Å². The van der Waals surface area contributed by atoms with Crippen LogP contribution in [0.5, 0.6) is 0 Å². The summed E-state index contributed by atoms with van der Waals surface area (Å²) in [6.07, 6.45) is 1.95. The number of aliphatic hydroxyl groups excluding tert-OH is 1. The number of rotatable bonds is 4. The van der Waals surface area contributed by atoms with Crippen molar-refractivity contribution < 1.29 is 14.6 Å². The van der Waals surface area contributed by atoms with Crippen molar-refractivity contribution in [3.63, 3.8) is 0 Å². The van der Waals surface area contributed by atoms with Crippen molar-refractivity contribution in [1.82, 2.24) is 0 Å². The molecule has 0 aliphatic rings. The Kier molecular flexibility index (Phi) is 7.04. The molecule has 1 N–H and O–H groups in total. The van der Waals surface area contributed by atoms with Gasteiger partial charge in [-0.3, -0.25) is 4.79 Å². The second kappa shape index (κ2) is 7.63. The first kappa shape index (κ1) is 12.0. The van der Waals surface area contributed by atoms with E-state index in [9.17, 15) is 9.90 Å². The third kappa shape index (κ3) is 7.35. The van der Waals surface area contributed by atoms with Crippen LogP contribution in [0.25, 0.3) is 0 Å². The molecule has 0 aromatic rings. The van der Waals surface area contributed by atoms with Gasteiger partial charge in [0, 0.05) is 6.42 Å². The number of ether oxygens (including phenoxy) is 1. The number of hydrogen-bond donors (Lipinski definition) is 1. The smallest absolute Gasteiger partial charge is 0.309 e. The summed E-state index contributed by atoms with van der Waals surface area (Å²) in [5.41, 5.74) is 0. The fourth-order valence-corrected chi connectivity index (χ4v) is 0.747. The van der Waals surface area contributed by atoms with Gasteiger partial charge >= 0.3 is 5.97 Å². The van der Waals surface area contributed by atoms with Crippen molar-refractivity contribution in [3.05, 3.63) is 0 Å². The minimum Gasteiger partial charge on any atom is -0.469 e. The molecule has 0 saturated carbocycles. The Morgan fingerprint density at radius 2 is 2.31 bits per heavy atom. The second-order valence-corrected chi connectivity index (χ2v) is 2.72. The molecule has 0 aliphatic heterocycles. The minimum atomic E-state index is -0.885. The van der Waals surface area contributed by atoms with Crippen molar-refractivity contribution in [1.29, 1.82) is 0 Å². The van der Waals surface area contributed by atoms with Crippen LogP contribution in [0.2, 0.25) is 0 Å². The zero-order chi connectivity index (χ0) is 10.1. The third-order valence-corrected chi connectivity index (χ3v) is 1.51. The zero-order valence-electron chi connectivity index (χ0n) is 8.17. The highest BCUT2D eigenvalue weighted by molar-refractivity contribution is 5.70. The van der Waals surface area contributed by atoms with E-state index in [0.29, 0.717) is 0 Å². The molecule has 0 heterocycles. The zero-order valence-corrected chi connectivity index (χ0v) is 8.17. The highest BCUT2D eigenvalue weighted by Crippen LogP contribution is 1.94. The molecule has 0 bridgehead atoms. The molecule has 0 radical (unpaired) electrons. The average molecular weight is 184 g/mol. The molecular formula is C10H16O3. The molecule has 13 heavy (non-hydrogen) atoms. The molecule has 0 amide bonds. The molecule has 3 nitrogen and oxygen atoms in total. The van der Waals surface area contributed by atoms with Gasteiger partial charge in [0.1, 0.15) is 6.10 Å². The fraction of sp³-hybridized carbons (Fsp3) is 0.700. The monoisotopic (exact) mass is 184 g/mol. The van der Waals surface area contributed by atoms with Gasteiger partial charge in [-0.05, 0) is 6.42 Å². The Balaban J connectivity index is 3.63. The van der Waals surface area contributed by atoms with Gasteiger partial charge < -0.3 is 9.84 Å². The van der Waals surface area contributed by atoms with Crippen molar-refractivity contribution in [2.45, 2.75) is 38.7 Å². The lowest BCUT2D eigenvalue weighted by Gasteiger charge is -1.99. The maximum absolute atomic E-state index is 10.7. The predicted molar refractivity (Wildman–Crippen MR) is 49.9 cm³/mol. The van der Waals surface area contributed by atoms with E-state index in [1.807, 2.05) is 0 Å². The topological polar surface area (TPSA) is 46.5 Å². The quantitative estimate of drug-likeness (QED) is 0.404. The van der Waals surface area contributed by atoms with Gasteiger partial charge in [0.2, 0.25) is 0 Å². The number of carbonyl (C=O) groups excluding carboxylic acids is 1. The molecule has 0 unspecified atom stereocenters. The van der Waals surface area contributed by atoms with Gasteiger partial charge in [0.05, 0.1) is 13.5 Å². The number of esters is 1. The summed E-state index contributed by atoms with van der Waals surface area (Å²) < 4.78 is 4.38. The second-order valence-electron chi connectivity index (χ2n) is 2.72. The van der Waals surface area contributed by atoms with E-state index in [-0.39, 0.29) is 6.42 Å². The Hall–Kier alpha value is -1.01. The summed E-state index contributed by atoms with van der Waals surface area (Å²) in [5, 5.41) is 9.18. The van der Waals surface area contributed by atoms with Crippen LogP contribution in [0.15, 0.2) is 0 Å². The van der Waals surface area contributed by atoms with Crippen LogP contribution in [0.3, 0.4) is 0 Å². The van der Waals surface area contributed by atoms with Gasteiger partial charge in [0.25, 0.3) is 0 Å². The molecule has 0 rings (SSSR count). The first-order valence-electron chi connectivity index (χ1n) is 4.44. The third-order valence-electron chi connectivity index (χ3n) is 1.51. The lowest BCUT2D eigenvalue weighted by molar-refractivity contribution is -0.142. The summed E-state index contributed by atoms with van der Waals surface area (Å²) in [4.78, 5) is 10.7. The molecule has 3 heteroatoms. The fourth-order valence-electron chi connectivity index (χ4n) is 0.747. The first-order valence-corrected chi connectivity index (χ1v) is 4.44. The predicted octanol–water partition coefficient (Wildman–Crippen LogP) is 1.10. The van der Waals surface area contributed by atoms with Gasteiger partial charge in [-0.1, -0.05) is 19.3 Å². The summed E-state index contributed by atoms with van der Waals surface area (Å²) in [5.74, 6) is 4.96.